The lowest BCUT2D eigenvalue weighted by atomic mass is 9.83. The molecule has 1 aliphatic rings. The normalized spacial score (nSPS) is 24.6. The average molecular weight is 307 g/mol. The van der Waals surface area contributed by atoms with Gasteiger partial charge in [0.05, 0.1) is 0 Å². The smallest absolute Gasteiger partial charge is 0.0273 e. The van der Waals surface area contributed by atoms with E-state index in [4.69, 9.17) is 11.6 Å². The second-order valence-corrected chi connectivity index (χ2v) is 7.24. The maximum atomic E-state index is 5.73. The van der Waals surface area contributed by atoms with Crippen molar-refractivity contribution < 1.29 is 0 Å². The largest absolute Gasteiger partial charge is 0.311 e. The Morgan fingerprint density at radius 1 is 1.29 bits per heavy atom. The number of benzene rings is 1. The summed E-state index contributed by atoms with van der Waals surface area (Å²) in [5.74, 6) is 0. The van der Waals surface area contributed by atoms with Gasteiger partial charge in [0.15, 0.2) is 0 Å². The van der Waals surface area contributed by atoms with E-state index in [1.165, 1.54) is 5.56 Å². The van der Waals surface area contributed by atoms with E-state index in [1.807, 2.05) is 6.08 Å². The highest BCUT2D eigenvalue weighted by Crippen LogP contribution is 2.27. The van der Waals surface area contributed by atoms with Gasteiger partial charge in [-0.2, -0.15) is 0 Å². The van der Waals surface area contributed by atoms with E-state index in [-0.39, 0.29) is 5.41 Å². The number of piperazine rings is 1. The van der Waals surface area contributed by atoms with Crippen LogP contribution in [0.1, 0.15) is 26.3 Å². The molecule has 3 heteroatoms. The maximum Gasteiger partial charge on any atom is 0.0273 e. The van der Waals surface area contributed by atoms with Crippen molar-refractivity contribution in [1.82, 2.24) is 10.2 Å². The van der Waals surface area contributed by atoms with Crippen molar-refractivity contribution in [3.8, 4) is 0 Å². The topological polar surface area (TPSA) is 15.3 Å². The summed E-state index contributed by atoms with van der Waals surface area (Å²) in [6, 6.07) is 11.8. The quantitative estimate of drug-likeness (QED) is 0.913. The fourth-order valence-corrected chi connectivity index (χ4v) is 3.23. The zero-order valence-electron chi connectivity index (χ0n) is 13.3. The molecule has 0 spiro atoms. The van der Waals surface area contributed by atoms with Crippen LogP contribution >= 0.6 is 11.6 Å². The number of halogens is 1. The molecule has 0 bridgehead atoms. The van der Waals surface area contributed by atoms with E-state index < -0.39 is 0 Å². The van der Waals surface area contributed by atoms with Gasteiger partial charge in [-0.25, -0.2) is 0 Å². The van der Waals surface area contributed by atoms with Gasteiger partial charge in [0.25, 0.3) is 0 Å². The van der Waals surface area contributed by atoms with Crippen molar-refractivity contribution in [2.24, 2.45) is 5.41 Å². The monoisotopic (exact) mass is 306 g/mol. The van der Waals surface area contributed by atoms with Gasteiger partial charge in [-0.15, -0.1) is 0 Å². The molecule has 2 rings (SSSR count). The van der Waals surface area contributed by atoms with Crippen LogP contribution in [0.15, 0.2) is 41.9 Å². The fourth-order valence-electron chi connectivity index (χ4n) is 3.15. The van der Waals surface area contributed by atoms with Crippen LogP contribution in [-0.2, 0) is 6.42 Å². The third kappa shape index (κ3) is 4.84. The van der Waals surface area contributed by atoms with E-state index in [1.54, 1.807) is 5.54 Å². The van der Waals surface area contributed by atoms with Crippen LogP contribution < -0.4 is 5.32 Å². The number of nitrogens with one attached hydrogen (secondary N) is 1. The molecule has 0 aliphatic carbocycles. The molecular formula is C18H27ClN2. The Kier molecular flexibility index (Phi) is 5.86. The molecule has 2 nitrogen and oxygen atoms in total. The molecule has 2 unspecified atom stereocenters. The molecule has 1 aromatic rings. The Morgan fingerprint density at radius 2 is 2.00 bits per heavy atom. The van der Waals surface area contributed by atoms with Crippen LogP contribution in [0.5, 0.6) is 0 Å². The van der Waals surface area contributed by atoms with E-state index in [9.17, 15) is 0 Å². The van der Waals surface area contributed by atoms with Gasteiger partial charge in [-0.1, -0.05) is 68.8 Å². The first-order valence-corrected chi connectivity index (χ1v) is 8.21. The molecule has 1 saturated heterocycles. The van der Waals surface area contributed by atoms with Crippen molar-refractivity contribution in [2.45, 2.75) is 39.3 Å². The Morgan fingerprint density at radius 3 is 2.62 bits per heavy atom. The van der Waals surface area contributed by atoms with E-state index in [2.05, 4.69) is 61.3 Å². The zero-order chi connectivity index (χ0) is 15.3. The molecular weight excluding hydrogens is 280 g/mol. The Hall–Kier alpha value is -0.830. The van der Waals surface area contributed by atoms with Crippen LogP contribution in [0.3, 0.4) is 0 Å². The molecule has 0 aromatic heterocycles. The van der Waals surface area contributed by atoms with E-state index >= 15 is 0 Å². The summed E-state index contributed by atoms with van der Waals surface area (Å²) in [5.41, 5.74) is 3.30. The Bertz CT molecular complexity index is 450. The number of hydrogen-bond donors (Lipinski definition) is 1. The molecule has 21 heavy (non-hydrogen) atoms. The van der Waals surface area contributed by atoms with Gasteiger partial charge in [-0.05, 0) is 17.4 Å². The third-order valence-electron chi connectivity index (χ3n) is 4.25. The SMILES string of the molecule is CC(C)(C)C1CNC(Cc2ccccc2)CN1C/C=C/Cl. The number of rotatable bonds is 4. The van der Waals surface area contributed by atoms with Gasteiger partial charge in [0, 0.05) is 37.3 Å². The summed E-state index contributed by atoms with van der Waals surface area (Å²) < 4.78 is 0. The highest BCUT2D eigenvalue weighted by molar-refractivity contribution is 6.25. The second-order valence-electron chi connectivity index (χ2n) is 6.99. The van der Waals surface area contributed by atoms with Gasteiger partial charge < -0.3 is 5.32 Å². The lowest BCUT2D eigenvalue weighted by Gasteiger charge is -2.46. The summed E-state index contributed by atoms with van der Waals surface area (Å²) in [5, 5.41) is 3.73. The average Bonchev–Trinajstić information content (AvgIpc) is 2.45. The molecule has 1 N–H and O–H groups in total. The van der Waals surface area contributed by atoms with Crippen LogP contribution in [0.4, 0.5) is 0 Å². The van der Waals surface area contributed by atoms with Crippen LogP contribution in [0.2, 0.25) is 0 Å². The van der Waals surface area contributed by atoms with Crippen LogP contribution in [0, 0.1) is 5.41 Å². The van der Waals surface area contributed by atoms with Crippen molar-refractivity contribution in [2.75, 3.05) is 19.6 Å². The first kappa shape index (κ1) is 16.5. The van der Waals surface area contributed by atoms with Crippen LogP contribution in [0.25, 0.3) is 0 Å². The summed E-state index contributed by atoms with van der Waals surface area (Å²) in [4.78, 5) is 2.56. The summed E-state index contributed by atoms with van der Waals surface area (Å²) in [6.07, 6.45) is 3.13. The Labute approximate surface area is 134 Å². The molecule has 1 heterocycles. The fraction of sp³-hybridized carbons (Fsp3) is 0.556. The minimum atomic E-state index is 0.269. The molecule has 0 saturated carbocycles. The van der Waals surface area contributed by atoms with Crippen LogP contribution in [-0.4, -0.2) is 36.6 Å². The molecule has 1 aromatic carbocycles. The minimum absolute atomic E-state index is 0.269. The first-order valence-electron chi connectivity index (χ1n) is 7.77. The van der Waals surface area contributed by atoms with E-state index in [0.717, 1.165) is 26.1 Å². The van der Waals surface area contributed by atoms with Crippen molar-refractivity contribution in [3.63, 3.8) is 0 Å². The number of hydrogen-bond acceptors (Lipinski definition) is 2. The van der Waals surface area contributed by atoms with Gasteiger partial charge >= 0.3 is 0 Å². The van der Waals surface area contributed by atoms with Crippen molar-refractivity contribution >= 4 is 11.6 Å². The Balaban J connectivity index is 2.02. The third-order valence-corrected chi connectivity index (χ3v) is 4.43. The van der Waals surface area contributed by atoms with Crippen molar-refractivity contribution in [1.29, 1.82) is 0 Å². The molecule has 1 fully saturated rings. The first-order chi connectivity index (χ1) is 10.0. The molecule has 0 radical (unpaired) electrons. The molecule has 1 aliphatic heterocycles. The zero-order valence-corrected chi connectivity index (χ0v) is 14.1. The molecule has 116 valence electrons. The second kappa shape index (κ2) is 7.44. The lowest BCUT2D eigenvalue weighted by Crippen LogP contribution is -2.61. The molecule has 2 atom stereocenters. The van der Waals surface area contributed by atoms with Gasteiger partial charge in [0.1, 0.15) is 0 Å². The van der Waals surface area contributed by atoms with Gasteiger partial charge in [-0.3, -0.25) is 4.90 Å². The van der Waals surface area contributed by atoms with E-state index in [0.29, 0.717) is 12.1 Å². The summed E-state index contributed by atoms with van der Waals surface area (Å²) in [6.45, 7) is 9.98. The highest BCUT2D eigenvalue weighted by atomic mass is 35.5. The standard InChI is InChI=1S/C18H27ClN2/c1-18(2,3)17-13-20-16(14-21(17)11-7-10-19)12-15-8-5-4-6-9-15/h4-10,16-17,20H,11-14H2,1-3H3/b10-7+. The predicted octanol–water partition coefficient (Wildman–Crippen LogP) is 3.67. The maximum absolute atomic E-state index is 5.73. The highest BCUT2D eigenvalue weighted by Gasteiger charge is 2.34. The summed E-state index contributed by atoms with van der Waals surface area (Å²) >= 11 is 5.73. The van der Waals surface area contributed by atoms with Crippen molar-refractivity contribution in [3.05, 3.63) is 47.5 Å². The lowest BCUT2D eigenvalue weighted by molar-refractivity contribution is 0.0659. The minimum Gasteiger partial charge on any atom is -0.311 e. The summed E-state index contributed by atoms with van der Waals surface area (Å²) in [7, 11) is 0. The molecule has 0 amide bonds. The van der Waals surface area contributed by atoms with Gasteiger partial charge in [0.2, 0.25) is 0 Å². The predicted molar refractivity (Wildman–Crippen MR) is 91.7 cm³/mol. The number of nitrogens with zero attached hydrogens (tertiary/aromatic N) is 1.